The predicted molar refractivity (Wildman–Crippen MR) is 54.7 cm³/mol. The van der Waals surface area contributed by atoms with Crippen molar-refractivity contribution in [3.63, 3.8) is 0 Å². The Labute approximate surface area is 92.2 Å². The molecule has 0 spiro atoms. The van der Waals surface area contributed by atoms with Gasteiger partial charge in [0.2, 0.25) is 0 Å². The summed E-state index contributed by atoms with van der Waals surface area (Å²) in [5.41, 5.74) is 5.56. The van der Waals surface area contributed by atoms with Crippen LogP contribution < -0.4 is 5.73 Å². The number of carbonyl (C=O) groups excluding carboxylic acids is 1. The fraction of sp³-hybridized carbons (Fsp3) is 0.364. The molecule has 2 N–H and O–H groups in total. The van der Waals surface area contributed by atoms with Crippen molar-refractivity contribution < 1.29 is 18.3 Å². The third kappa shape index (κ3) is 3.00. The van der Waals surface area contributed by atoms with Gasteiger partial charge in [-0.05, 0) is 18.6 Å². The van der Waals surface area contributed by atoms with E-state index in [1.165, 1.54) is 12.1 Å². The Kier molecular flexibility index (Phi) is 4.37. The fourth-order valence-corrected chi connectivity index (χ4v) is 1.28. The summed E-state index contributed by atoms with van der Waals surface area (Å²) in [6, 6.07) is 2.79. The highest BCUT2D eigenvalue weighted by Gasteiger charge is 2.18. The lowest BCUT2D eigenvalue weighted by atomic mass is 10.1. The van der Waals surface area contributed by atoms with Crippen LogP contribution in [0.25, 0.3) is 0 Å². The van der Waals surface area contributed by atoms with Gasteiger partial charge >= 0.3 is 5.97 Å². The largest absolute Gasteiger partial charge is 0.465 e. The number of nitrogens with two attached hydrogens (primary N) is 1. The summed E-state index contributed by atoms with van der Waals surface area (Å²) in [6.45, 7) is 1.85. The molecule has 0 radical (unpaired) electrons. The third-order valence-electron chi connectivity index (χ3n) is 2.06. The summed E-state index contributed by atoms with van der Waals surface area (Å²) in [7, 11) is 0. The van der Waals surface area contributed by atoms with Crippen molar-refractivity contribution in [3.8, 4) is 0 Å². The maximum atomic E-state index is 13.2. The van der Waals surface area contributed by atoms with Gasteiger partial charge in [0.15, 0.2) is 11.6 Å². The van der Waals surface area contributed by atoms with Crippen molar-refractivity contribution in [1.29, 1.82) is 0 Å². The summed E-state index contributed by atoms with van der Waals surface area (Å²) in [4.78, 5) is 11.2. The number of esters is 1. The standard InChI is InChI=1S/C11H13F2NO2/c1-2-16-11(15)9(14)6-7-4-3-5-8(12)10(7)13/h3-5,9H,2,6,14H2,1H3. The van der Waals surface area contributed by atoms with Crippen molar-refractivity contribution in [2.75, 3.05) is 6.61 Å². The Balaban J connectivity index is 2.73. The number of carbonyl (C=O) groups is 1. The monoisotopic (exact) mass is 229 g/mol. The van der Waals surface area contributed by atoms with Gasteiger partial charge in [-0.25, -0.2) is 8.78 Å². The first kappa shape index (κ1) is 12.6. The van der Waals surface area contributed by atoms with Gasteiger partial charge in [0, 0.05) is 6.42 Å². The van der Waals surface area contributed by atoms with E-state index in [1.807, 2.05) is 0 Å². The lowest BCUT2D eigenvalue weighted by molar-refractivity contribution is -0.144. The Morgan fingerprint density at radius 3 is 2.81 bits per heavy atom. The summed E-state index contributed by atoms with van der Waals surface area (Å²) in [6.07, 6.45) is -0.0809. The highest BCUT2D eigenvalue weighted by atomic mass is 19.2. The molecule has 1 aromatic rings. The number of benzene rings is 1. The second-order valence-electron chi connectivity index (χ2n) is 3.28. The maximum absolute atomic E-state index is 13.2. The molecule has 0 aliphatic heterocycles. The third-order valence-corrected chi connectivity index (χ3v) is 2.06. The number of ether oxygens (including phenoxy) is 1. The molecule has 0 amide bonds. The molecule has 1 atom stereocenters. The van der Waals surface area contributed by atoms with Gasteiger partial charge in [0.1, 0.15) is 6.04 Å². The lowest BCUT2D eigenvalue weighted by Crippen LogP contribution is -2.34. The van der Waals surface area contributed by atoms with E-state index in [0.29, 0.717) is 0 Å². The SMILES string of the molecule is CCOC(=O)C(N)Cc1cccc(F)c1F. The summed E-state index contributed by atoms with van der Waals surface area (Å²) in [5.74, 6) is -2.54. The molecule has 0 fully saturated rings. The van der Waals surface area contributed by atoms with E-state index in [1.54, 1.807) is 6.92 Å². The smallest absolute Gasteiger partial charge is 0.323 e. The lowest BCUT2D eigenvalue weighted by Gasteiger charge is -2.11. The van der Waals surface area contributed by atoms with Crippen molar-refractivity contribution >= 4 is 5.97 Å². The van der Waals surface area contributed by atoms with Crippen LogP contribution in [0.3, 0.4) is 0 Å². The van der Waals surface area contributed by atoms with E-state index in [0.717, 1.165) is 6.07 Å². The first-order chi connectivity index (χ1) is 7.56. The zero-order valence-electron chi connectivity index (χ0n) is 8.87. The van der Waals surface area contributed by atoms with E-state index >= 15 is 0 Å². The molecular weight excluding hydrogens is 216 g/mol. The molecule has 3 nitrogen and oxygen atoms in total. The number of hydrogen-bond acceptors (Lipinski definition) is 3. The molecule has 16 heavy (non-hydrogen) atoms. The number of halogens is 2. The highest BCUT2D eigenvalue weighted by Crippen LogP contribution is 2.13. The van der Waals surface area contributed by atoms with Gasteiger partial charge < -0.3 is 10.5 Å². The molecule has 0 bridgehead atoms. The maximum Gasteiger partial charge on any atom is 0.323 e. The fourth-order valence-electron chi connectivity index (χ4n) is 1.28. The predicted octanol–water partition coefficient (Wildman–Crippen LogP) is 1.40. The van der Waals surface area contributed by atoms with Crippen molar-refractivity contribution in [2.24, 2.45) is 5.73 Å². The van der Waals surface area contributed by atoms with E-state index in [2.05, 4.69) is 4.74 Å². The number of rotatable bonds is 4. The van der Waals surface area contributed by atoms with Crippen molar-refractivity contribution in [1.82, 2.24) is 0 Å². The first-order valence-electron chi connectivity index (χ1n) is 4.91. The zero-order chi connectivity index (χ0) is 12.1. The van der Waals surface area contributed by atoms with E-state index in [4.69, 9.17) is 5.73 Å². The van der Waals surface area contributed by atoms with Crippen LogP contribution in [-0.4, -0.2) is 18.6 Å². The normalized spacial score (nSPS) is 12.2. The second-order valence-corrected chi connectivity index (χ2v) is 3.28. The molecule has 0 aliphatic rings. The molecule has 0 saturated heterocycles. The molecule has 0 aliphatic carbocycles. The molecule has 1 aromatic carbocycles. The van der Waals surface area contributed by atoms with Crippen molar-refractivity contribution in [2.45, 2.75) is 19.4 Å². The van der Waals surface area contributed by atoms with E-state index in [-0.39, 0.29) is 18.6 Å². The van der Waals surface area contributed by atoms with Crippen LogP contribution in [0.1, 0.15) is 12.5 Å². The van der Waals surface area contributed by atoms with Crippen LogP contribution in [0.15, 0.2) is 18.2 Å². The Hall–Kier alpha value is -1.49. The van der Waals surface area contributed by atoms with Gasteiger partial charge in [0.25, 0.3) is 0 Å². The van der Waals surface area contributed by atoms with Crippen LogP contribution >= 0.6 is 0 Å². The van der Waals surface area contributed by atoms with E-state index in [9.17, 15) is 13.6 Å². The van der Waals surface area contributed by atoms with Crippen LogP contribution in [-0.2, 0) is 16.0 Å². The Morgan fingerprint density at radius 2 is 2.19 bits per heavy atom. The molecule has 5 heteroatoms. The topological polar surface area (TPSA) is 52.3 Å². The van der Waals surface area contributed by atoms with Crippen LogP contribution in [0, 0.1) is 11.6 Å². The van der Waals surface area contributed by atoms with Crippen LogP contribution in [0.4, 0.5) is 8.78 Å². The Morgan fingerprint density at radius 1 is 1.50 bits per heavy atom. The van der Waals surface area contributed by atoms with Crippen LogP contribution in [0.5, 0.6) is 0 Å². The van der Waals surface area contributed by atoms with Gasteiger partial charge in [-0.1, -0.05) is 12.1 Å². The average molecular weight is 229 g/mol. The molecule has 0 aromatic heterocycles. The number of hydrogen-bond donors (Lipinski definition) is 1. The first-order valence-corrected chi connectivity index (χ1v) is 4.91. The minimum Gasteiger partial charge on any atom is -0.465 e. The molecular formula is C11H13F2NO2. The van der Waals surface area contributed by atoms with Gasteiger partial charge in [0.05, 0.1) is 6.61 Å². The summed E-state index contributed by atoms with van der Waals surface area (Å²) < 4.78 is 30.7. The van der Waals surface area contributed by atoms with E-state index < -0.39 is 23.6 Å². The minimum atomic E-state index is -0.976. The van der Waals surface area contributed by atoms with Gasteiger partial charge in [-0.3, -0.25) is 4.79 Å². The highest BCUT2D eigenvalue weighted by molar-refractivity contribution is 5.75. The Bertz CT molecular complexity index is 382. The quantitative estimate of drug-likeness (QED) is 0.794. The van der Waals surface area contributed by atoms with Gasteiger partial charge in [-0.2, -0.15) is 0 Å². The van der Waals surface area contributed by atoms with Crippen molar-refractivity contribution in [3.05, 3.63) is 35.4 Å². The molecule has 0 saturated carbocycles. The summed E-state index contributed by atoms with van der Waals surface area (Å²) >= 11 is 0. The molecule has 1 unspecified atom stereocenters. The second kappa shape index (κ2) is 5.55. The average Bonchev–Trinajstić information content (AvgIpc) is 2.25. The minimum absolute atomic E-state index is 0.0700. The molecule has 1 rings (SSSR count). The molecule has 88 valence electrons. The van der Waals surface area contributed by atoms with Crippen LogP contribution in [0.2, 0.25) is 0 Å². The van der Waals surface area contributed by atoms with Gasteiger partial charge in [-0.15, -0.1) is 0 Å². The summed E-state index contributed by atoms with van der Waals surface area (Å²) in [5, 5.41) is 0. The molecule has 0 heterocycles. The zero-order valence-corrected chi connectivity index (χ0v) is 8.87.